The van der Waals surface area contributed by atoms with Crippen molar-refractivity contribution in [2.45, 2.75) is 6.54 Å². The van der Waals surface area contributed by atoms with Crippen LogP contribution in [0.5, 0.6) is 0 Å². The lowest BCUT2D eigenvalue weighted by Crippen LogP contribution is -1.97. The Balaban J connectivity index is 2.50. The van der Waals surface area contributed by atoms with E-state index in [-0.39, 0.29) is 0 Å². The third kappa shape index (κ3) is 1.67. The predicted molar refractivity (Wildman–Crippen MR) is 57.5 cm³/mol. The maximum Gasteiger partial charge on any atom is 0.175 e. The van der Waals surface area contributed by atoms with Crippen molar-refractivity contribution < 1.29 is 0 Å². The lowest BCUT2D eigenvalue weighted by molar-refractivity contribution is 1.01. The zero-order chi connectivity index (χ0) is 9.26. The normalized spacial score (nSPS) is 10.6. The molecular formula is C8H8BrN3S. The highest BCUT2D eigenvalue weighted by Crippen LogP contribution is 2.27. The van der Waals surface area contributed by atoms with Crippen molar-refractivity contribution in [1.82, 2.24) is 9.97 Å². The van der Waals surface area contributed by atoms with Crippen molar-refractivity contribution in [3.63, 3.8) is 0 Å². The fourth-order valence-corrected chi connectivity index (χ4v) is 2.30. The summed E-state index contributed by atoms with van der Waals surface area (Å²) in [6.45, 7) is 0.478. The van der Waals surface area contributed by atoms with Crippen LogP contribution in [-0.2, 0) is 6.54 Å². The molecule has 2 rings (SSSR count). The molecule has 0 aliphatic heterocycles. The van der Waals surface area contributed by atoms with Gasteiger partial charge in [0.05, 0.1) is 10.6 Å². The van der Waals surface area contributed by atoms with E-state index in [2.05, 4.69) is 25.9 Å². The third-order valence-corrected chi connectivity index (χ3v) is 2.96. The summed E-state index contributed by atoms with van der Waals surface area (Å²) in [6, 6.07) is 4.04. The van der Waals surface area contributed by atoms with Gasteiger partial charge in [0.2, 0.25) is 0 Å². The molecule has 0 aromatic carbocycles. The molecule has 68 valence electrons. The summed E-state index contributed by atoms with van der Waals surface area (Å²) < 4.78 is 0.733. The Morgan fingerprint density at radius 1 is 1.62 bits per heavy atom. The first kappa shape index (κ1) is 8.93. The van der Waals surface area contributed by atoms with Gasteiger partial charge in [0.1, 0.15) is 5.69 Å². The van der Waals surface area contributed by atoms with Crippen molar-refractivity contribution in [3.8, 4) is 10.6 Å². The van der Waals surface area contributed by atoms with Crippen molar-refractivity contribution >= 4 is 27.3 Å². The molecule has 13 heavy (non-hydrogen) atoms. The van der Waals surface area contributed by atoms with Gasteiger partial charge in [-0.15, -0.1) is 11.3 Å². The number of halogens is 1. The number of aromatic nitrogens is 2. The highest BCUT2D eigenvalue weighted by atomic mass is 79.9. The first-order chi connectivity index (χ1) is 6.31. The van der Waals surface area contributed by atoms with E-state index in [1.54, 1.807) is 11.3 Å². The molecule has 0 amide bonds. The molecule has 0 unspecified atom stereocenters. The van der Waals surface area contributed by atoms with Gasteiger partial charge in [-0.05, 0) is 27.4 Å². The summed E-state index contributed by atoms with van der Waals surface area (Å²) in [6.07, 6.45) is 0. The van der Waals surface area contributed by atoms with Crippen LogP contribution in [0.25, 0.3) is 10.6 Å². The second kappa shape index (κ2) is 3.61. The summed E-state index contributed by atoms with van der Waals surface area (Å²) >= 11 is 4.95. The minimum Gasteiger partial charge on any atom is -0.335 e. The molecule has 5 heteroatoms. The first-order valence-electron chi connectivity index (χ1n) is 3.79. The smallest absolute Gasteiger partial charge is 0.175 e. The second-order valence-corrected chi connectivity index (χ2v) is 4.24. The summed E-state index contributed by atoms with van der Waals surface area (Å²) in [7, 11) is 0. The zero-order valence-corrected chi connectivity index (χ0v) is 9.15. The Bertz CT molecular complexity index is 393. The molecule has 0 aliphatic rings. The standard InChI is InChI=1S/C8H8BrN3S/c9-8-11-5(4-10)7(12-8)6-2-1-3-13-6/h1-3H,4,10H2,(H,11,12). The average Bonchev–Trinajstić information content (AvgIpc) is 2.71. The molecule has 3 nitrogen and oxygen atoms in total. The van der Waals surface area contributed by atoms with Crippen LogP contribution in [0.2, 0.25) is 0 Å². The lowest BCUT2D eigenvalue weighted by Gasteiger charge is -1.94. The molecule has 0 atom stereocenters. The van der Waals surface area contributed by atoms with Crippen molar-refractivity contribution in [3.05, 3.63) is 27.9 Å². The van der Waals surface area contributed by atoms with Gasteiger partial charge in [0, 0.05) is 6.54 Å². The Kier molecular flexibility index (Phi) is 2.48. The summed E-state index contributed by atoms with van der Waals surface area (Å²) in [5.41, 5.74) is 7.50. The number of hydrogen-bond donors (Lipinski definition) is 2. The minimum absolute atomic E-state index is 0.478. The van der Waals surface area contributed by atoms with Gasteiger partial charge in [0.15, 0.2) is 4.73 Å². The summed E-state index contributed by atoms with van der Waals surface area (Å²) in [4.78, 5) is 8.53. The molecule has 0 bridgehead atoms. The van der Waals surface area contributed by atoms with E-state index in [1.165, 1.54) is 0 Å². The molecule has 0 saturated carbocycles. The van der Waals surface area contributed by atoms with Crippen LogP contribution in [0.15, 0.2) is 22.2 Å². The molecule has 2 aromatic rings. The largest absolute Gasteiger partial charge is 0.335 e. The lowest BCUT2D eigenvalue weighted by atomic mass is 10.3. The van der Waals surface area contributed by atoms with Crippen molar-refractivity contribution in [2.24, 2.45) is 5.73 Å². The van der Waals surface area contributed by atoms with Crippen LogP contribution in [-0.4, -0.2) is 9.97 Å². The van der Waals surface area contributed by atoms with Gasteiger partial charge in [-0.1, -0.05) is 6.07 Å². The Morgan fingerprint density at radius 2 is 2.46 bits per heavy atom. The van der Waals surface area contributed by atoms with Crippen LogP contribution in [0.3, 0.4) is 0 Å². The number of nitrogens with zero attached hydrogens (tertiary/aromatic N) is 1. The first-order valence-corrected chi connectivity index (χ1v) is 5.47. The number of nitrogens with two attached hydrogens (primary N) is 1. The van der Waals surface area contributed by atoms with E-state index in [4.69, 9.17) is 5.73 Å². The average molecular weight is 258 g/mol. The third-order valence-electron chi connectivity index (χ3n) is 1.71. The van der Waals surface area contributed by atoms with E-state index < -0.39 is 0 Å². The fourth-order valence-electron chi connectivity index (χ4n) is 1.14. The van der Waals surface area contributed by atoms with Gasteiger partial charge in [-0.25, -0.2) is 4.98 Å². The number of rotatable bonds is 2. The van der Waals surface area contributed by atoms with E-state index in [0.717, 1.165) is 21.0 Å². The number of H-pyrrole nitrogens is 1. The van der Waals surface area contributed by atoms with Crippen molar-refractivity contribution in [2.75, 3.05) is 0 Å². The van der Waals surface area contributed by atoms with Crippen LogP contribution >= 0.6 is 27.3 Å². The van der Waals surface area contributed by atoms with Crippen LogP contribution in [0.1, 0.15) is 5.69 Å². The number of nitrogens with one attached hydrogen (secondary N) is 1. The SMILES string of the molecule is NCc1[nH]c(Br)nc1-c1cccs1. The minimum atomic E-state index is 0.478. The van der Waals surface area contributed by atoms with Gasteiger partial charge in [0.25, 0.3) is 0 Å². The predicted octanol–water partition coefficient (Wildman–Crippen LogP) is 2.36. The van der Waals surface area contributed by atoms with E-state index in [1.807, 2.05) is 17.5 Å². The zero-order valence-electron chi connectivity index (χ0n) is 6.75. The monoisotopic (exact) mass is 257 g/mol. The Labute approximate surface area is 88.1 Å². The van der Waals surface area contributed by atoms with Crippen LogP contribution in [0.4, 0.5) is 0 Å². The van der Waals surface area contributed by atoms with Gasteiger partial charge in [-0.3, -0.25) is 0 Å². The van der Waals surface area contributed by atoms with E-state index in [0.29, 0.717) is 6.54 Å². The topological polar surface area (TPSA) is 54.7 Å². The number of hydrogen-bond acceptors (Lipinski definition) is 3. The van der Waals surface area contributed by atoms with E-state index in [9.17, 15) is 0 Å². The molecular weight excluding hydrogens is 250 g/mol. The highest BCUT2D eigenvalue weighted by molar-refractivity contribution is 9.10. The Hall–Kier alpha value is -0.650. The maximum atomic E-state index is 5.58. The molecule has 0 radical (unpaired) electrons. The Morgan fingerprint density at radius 3 is 3.08 bits per heavy atom. The highest BCUT2D eigenvalue weighted by Gasteiger charge is 2.09. The van der Waals surface area contributed by atoms with Crippen LogP contribution < -0.4 is 5.73 Å². The van der Waals surface area contributed by atoms with Crippen LogP contribution in [0, 0.1) is 0 Å². The number of aromatic amines is 1. The van der Waals surface area contributed by atoms with Gasteiger partial charge < -0.3 is 10.7 Å². The van der Waals surface area contributed by atoms with E-state index >= 15 is 0 Å². The van der Waals surface area contributed by atoms with Gasteiger partial charge in [-0.2, -0.15) is 0 Å². The fraction of sp³-hybridized carbons (Fsp3) is 0.125. The second-order valence-electron chi connectivity index (χ2n) is 2.54. The summed E-state index contributed by atoms with van der Waals surface area (Å²) in [5.74, 6) is 0. The molecule has 2 aromatic heterocycles. The molecule has 0 saturated heterocycles. The molecule has 0 fully saturated rings. The number of imidazole rings is 1. The molecule has 3 N–H and O–H groups in total. The molecule has 0 spiro atoms. The quantitative estimate of drug-likeness (QED) is 0.868. The van der Waals surface area contributed by atoms with Crippen molar-refractivity contribution in [1.29, 1.82) is 0 Å². The molecule has 2 heterocycles. The maximum absolute atomic E-state index is 5.58. The number of thiophene rings is 1. The summed E-state index contributed by atoms with van der Waals surface area (Å²) in [5, 5.41) is 2.03. The van der Waals surface area contributed by atoms with Gasteiger partial charge >= 0.3 is 0 Å². The molecule has 0 aliphatic carbocycles.